The molecule has 9 heteroatoms. The third-order valence-corrected chi connectivity index (χ3v) is 11.3. The van der Waals surface area contributed by atoms with E-state index < -0.39 is 35.9 Å². The Morgan fingerprint density at radius 3 is 1.68 bits per heavy atom. The number of esters is 1. The van der Waals surface area contributed by atoms with Crippen LogP contribution in [0.25, 0.3) is 0 Å². The average Bonchev–Trinajstić information content (AvgIpc) is 2.32. The molecule has 0 spiro atoms. The highest BCUT2D eigenvalue weighted by atomic mass is 28.5. The van der Waals surface area contributed by atoms with Crippen LogP contribution in [0.1, 0.15) is 20.3 Å². The standard InChI is InChI=1S/C13H29O5Si4/c1-9-10-15-13(14)12(2)11-22(16-19(3)4,17-20(5)6)18-21(7)8/h11H,9-10H2,1-8H3/b12-11+. The molecule has 22 heavy (non-hydrogen) atoms. The fraction of sp³-hybridized carbons (Fsp3) is 0.769. The Morgan fingerprint density at radius 2 is 1.36 bits per heavy atom. The topological polar surface area (TPSA) is 54.0 Å². The van der Waals surface area contributed by atoms with Gasteiger partial charge in [0.25, 0.3) is 0 Å². The van der Waals surface area contributed by atoms with Gasteiger partial charge in [-0.3, -0.25) is 0 Å². The summed E-state index contributed by atoms with van der Waals surface area (Å²) in [6.07, 6.45) is 0.802. The minimum Gasteiger partial charge on any atom is -0.462 e. The Bertz CT molecular complexity index is 345. The van der Waals surface area contributed by atoms with Crippen molar-refractivity contribution in [3.8, 4) is 0 Å². The van der Waals surface area contributed by atoms with Gasteiger partial charge in [0, 0.05) is 5.57 Å². The fourth-order valence-electron chi connectivity index (χ4n) is 1.64. The zero-order valence-corrected chi connectivity index (χ0v) is 19.0. The summed E-state index contributed by atoms with van der Waals surface area (Å²) in [5.74, 6) is -0.322. The molecular weight excluding hydrogens is 348 g/mol. The first-order valence-corrected chi connectivity index (χ1v) is 16.5. The summed E-state index contributed by atoms with van der Waals surface area (Å²) >= 11 is 0. The Kier molecular flexibility index (Phi) is 10.7. The molecule has 0 saturated heterocycles. The van der Waals surface area contributed by atoms with Crippen LogP contribution in [0.15, 0.2) is 11.3 Å². The van der Waals surface area contributed by atoms with Gasteiger partial charge in [0.05, 0.1) is 6.61 Å². The van der Waals surface area contributed by atoms with Crippen LogP contribution in [0.2, 0.25) is 39.3 Å². The van der Waals surface area contributed by atoms with E-state index in [0.29, 0.717) is 12.2 Å². The molecule has 0 aromatic carbocycles. The average molecular weight is 378 g/mol. The second-order valence-corrected chi connectivity index (χ2v) is 15.0. The van der Waals surface area contributed by atoms with Crippen molar-refractivity contribution >= 4 is 41.9 Å². The smallest absolute Gasteiger partial charge is 0.462 e. The molecule has 0 aromatic rings. The molecule has 0 fully saturated rings. The minimum absolute atomic E-state index is 0.322. The third-order valence-electron chi connectivity index (χ3n) is 2.19. The second kappa shape index (κ2) is 10.7. The summed E-state index contributed by atoms with van der Waals surface area (Å²) in [5.41, 5.74) is 2.28. The number of carbonyl (C=O) groups is 1. The van der Waals surface area contributed by atoms with Crippen molar-refractivity contribution in [2.24, 2.45) is 0 Å². The summed E-state index contributed by atoms with van der Waals surface area (Å²) in [5, 5.41) is 0. The van der Waals surface area contributed by atoms with Crippen LogP contribution >= 0.6 is 0 Å². The van der Waals surface area contributed by atoms with Crippen molar-refractivity contribution < 1.29 is 21.9 Å². The zero-order chi connectivity index (χ0) is 17.3. The van der Waals surface area contributed by atoms with Crippen LogP contribution in [0.5, 0.6) is 0 Å². The lowest BCUT2D eigenvalue weighted by Crippen LogP contribution is -2.52. The predicted molar refractivity (Wildman–Crippen MR) is 96.5 cm³/mol. The molecule has 0 atom stereocenters. The number of carbonyl (C=O) groups excluding carboxylic acids is 1. The maximum Gasteiger partial charge on any atom is 0.498 e. The van der Waals surface area contributed by atoms with E-state index in [1.807, 2.05) is 46.2 Å². The highest BCUT2D eigenvalue weighted by Gasteiger charge is 2.42. The van der Waals surface area contributed by atoms with Gasteiger partial charge in [0.1, 0.15) is 0 Å². The quantitative estimate of drug-likeness (QED) is 0.332. The lowest BCUT2D eigenvalue weighted by molar-refractivity contribution is -0.139. The Labute approximate surface area is 141 Å². The van der Waals surface area contributed by atoms with Gasteiger partial charge in [-0.1, -0.05) is 6.92 Å². The summed E-state index contributed by atoms with van der Waals surface area (Å²) in [6, 6.07) is 0. The first-order chi connectivity index (χ1) is 10.1. The Balaban J connectivity index is 5.44. The monoisotopic (exact) mass is 377 g/mol. The van der Waals surface area contributed by atoms with Crippen molar-refractivity contribution in [3.05, 3.63) is 11.3 Å². The van der Waals surface area contributed by atoms with Crippen LogP contribution in [-0.4, -0.2) is 48.5 Å². The molecule has 0 amide bonds. The molecule has 0 aliphatic rings. The van der Waals surface area contributed by atoms with E-state index in [4.69, 9.17) is 17.1 Å². The molecular formula is C13H29O5Si4. The fourth-order valence-corrected chi connectivity index (χ4v) is 11.4. The van der Waals surface area contributed by atoms with Gasteiger partial charge >= 0.3 is 14.8 Å². The van der Waals surface area contributed by atoms with Crippen molar-refractivity contribution in [1.29, 1.82) is 0 Å². The predicted octanol–water partition coefficient (Wildman–Crippen LogP) is 3.17. The molecule has 0 unspecified atom stereocenters. The van der Waals surface area contributed by atoms with Crippen molar-refractivity contribution in [3.63, 3.8) is 0 Å². The van der Waals surface area contributed by atoms with Crippen molar-refractivity contribution in [1.82, 2.24) is 0 Å². The number of ether oxygens (including phenoxy) is 1. The van der Waals surface area contributed by atoms with Crippen LogP contribution in [0.3, 0.4) is 0 Å². The molecule has 0 saturated carbocycles. The van der Waals surface area contributed by atoms with E-state index in [2.05, 4.69) is 0 Å². The Hall–Kier alpha value is -0.0425. The number of rotatable bonds is 10. The van der Waals surface area contributed by atoms with Gasteiger partial charge in [-0.25, -0.2) is 4.79 Å². The molecule has 0 bridgehead atoms. The molecule has 127 valence electrons. The van der Waals surface area contributed by atoms with Gasteiger partial charge in [-0.05, 0) is 58.3 Å². The second-order valence-electron chi connectivity index (χ2n) is 5.60. The highest BCUT2D eigenvalue weighted by Crippen LogP contribution is 2.19. The van der Waals surface area contributed by atoms with Gasteiger partial charge in [-0.15, -0.1) is 0 Å². The Morgan fingerprint density at radius 1 is 0.955 bits per heavy atom. The van der Waals surface area contributed by atoms with E-state index in [1.54, 1.807) is 12.6 Å². The number of hydrogen-bond acceptors (Lipinski definition) is 5. The summed E-state index contributed by atoms with van der Waals surface area (Å²) in [6.45, 7) is 16.4. The normalized spacial score (nSPS) is 13.3. The van der Waals surface area contributed by atoms with Crippen molar-refractivity contribution in [2.75, 3.05) is 6.61 Å². The van der Waals surface area contributed by atoms with Gasteiger partial charge < -0.3 is 17.1 Å². The van der Waals surface area contributed by atoms with Gasteiger partial charge in [0.2, 0.25) is 0 Å². The third kappa shape index (κ3) is 9.18. The molecule has 0 aliphatic heterocycles. The first kappa shape index (κ1) is 22.0. The molecule has 5 nitrogen and oxygen atoms in total. The molecule has 0 aliphatic carbocycles. The van der Waals surface area contributed by atoms with Crippen LogP contribution in [-0.2, 0) is 21.9 Å². The molecule has 0 aromatic heterocycles. The summed E-state index contributed by atoms with van der Waals surface area (Å²) in [4.78, 5) is 12.0. The van der Waals surface area contributed by atoms with E-state index >= 15 is 0 Å². The van der Waals surface area contributed by atoms with Gasteiger partial charge in [-0.2, -0.15) is 0 Å². The van der Waals surface area contributed by atoms with E-state index in [9.17, 15) is 4.79 Å². The van der Waals surface area contributed by atoms with Crippen LogP contribution in [0, 0.1) is 0 Å². The summed E-state index contributed by atoms with van der Waals surface area (Å²) < 4.78 is 23.6. The van der Waals surface area contributed by atoms with Crippen LogP contribution in [0.4, 0.5) is 0 Å². The number of hydrogen-bond donors (Lipinski definition) is 0. The largest absolute Gasteiger partial charge is 0.498 e. The van der Waals surface area contributed by atoms with E-state index in [1.165, 1.54) is 0 Å². The minimum atomic E-state index is -2.98. The molecule has 0 rings (SSSR count). The SMILES string of the molecule is CCCOC(=O)/C(C)=C/[Si](O[Si](C)C)(O[Si](C)C)O[Si](C)C. The molecule has 0 heterocycles. The van der Waals surface area contributed by atoms with Crippen molar-refractivity contribution in [2.45, 2.75) is 59.6 Å². The maximum absolute atomic E-state index is 12.0. The lowest BCUT2D eigenvalue weighted by atomic mass is 10.4. The van der Waals surface area contributed by atoms with Crippen LogP contribution < -0.4 is 0 Å². The molecule has 0 N–H and O–H groups in total. The highest BCUT2D eigenvalue weighted by molar-refractivity contribution is 6.83. The maximum atomic E-state index is 12.0. The molecule has 3 radical (unpaired) electrons. The van der Waals surface area contributed by atoms with E-state index in [0.717, 1.165) is 6.42 Å². The van der Waals surface area contributed by atoms with Gasteiger partial charge in [0.15, 0.2) is 27.1 Å². The summed E-state index contributed by atoms with van der Waals surface area (Å²) in [7, 11) is -6.04. The lowest BCUT2D eigenvalue weighted by Gasteiger charge is -2.32. The van der Waals surface area contributed by atoms with E-state index in [-0.39, 0.29) is 5.97 Å². The first-order valence-electron chi connectivity index (χ1n) is 7.46. The zero-order valence-electron chi connectivity index (χ0n) is 15.0.